The lowest BCUT2D eigenvalue weighted by molar-refractivity contribution is -0.141. The van der Waals surface area contributed by atoms with Crippen LogP contribution in [0, 0.1) is 0 Å². The largest absolute Gasteiger partial charge is 0.435 e. The number of carbonyl (C=O) groups excluding carboxylic acids is 2. The van der Waals surface area contributed by atoms with Crippen molar-refractivity contribution >= 4 is 46.7 Å². The summed E-state index contributed by atoms with van der Waals surface area (Å²) < 4.78 is 40.2. The van der Waals surface area contributed by atoms with Crippen molar-refractivity contribution in [2.24, 2.45) is 0 Å². The van der Waals surface area contributed by atoms with E-state index in [0.717, 1.165) is 4.40 Å². The minimum absolute atomic E-state index is 0.0314. The molecule has 0 unspecified atom stereocenters. The van der Waals surface area contributed by atoms with Gasteiger partial charge in [0.15, 0.2) is 17.6 Å². The van der Waals surface area contributed by atoms with Crippen molar-refractivity contribution < 1.29 is 22.8 Å². The molecule has 2 heterocycles. The number of rotatable bonds is 3. The summed E-state index contributed by atoms with van der Waals surface area (Å²) in [6.07, 6.45) is -3.53. The van der Waals surface area contributed by atoms with Crippen molar-refractivity contribution in [1.29, 1.82) is 0 Å². The average molecular weight is 402 g/mol. The van der Waals surface area contributed by atoms with Gasteiger partial charge < -0.3 is 5.32 Å². The van der Waals surface area contributed by atoms with E-state index in [4.69, 9.17) is 23.2 Å². The fraction of sp³-hybridized carbons (Fsp3) is 0.0625. The van der Waals surface area contributed by atoms with Crippen molar-refractivity contribution in [3.05, 3.63) is 63.5 Å². The molecule has 2 aromatic heterocycles. The Hall–Kier alpha value is -2.58. The Morgan fingerprint density at radius 2 is 1.81 bits per heavy atom. The molecular formula is C16H8Cl2F3N3O2. The first-order chi connectivity index (χ1) is 12.2. The lowest BCUT2D eigenvalue weighted by Gasteiger charge is -2.09. The minimum atomic E-state index is -4.82. The Morgan fingerprint density at radius 1 is 1.15 bits per heavy atom. The van der Waals surface area contributed by atoms with Gasteiger partial charge in [-0.2, -0.15) is 13.2 Å². The van der Waals surface area contributed by atoms with Gasteiger partial charge in [0.1, 0.15) is 5.69 Å². The van der Waals surface area contributed by atoms with Gasteiger partial charge in [0.25, 0.3) is 5.91 Å². The summed E-state index contributed by atoms with van der Waals surface area (Å²) in [5.41, 5.74) is -2.31. The number of imidazole rings is 1. The van der Waals surface area contributed by atoms with Crippen molar-refractivity contribution in [3.63, 3.8) is 0 Å². The summed E-state index contributed by atoms with van der Waals surface area (Å²) in [5.74, 6) is -0.724. The lowest BCUT2D eigenvalue weighted by Crippen LogP contribution is -2.14. The number of carbonyl (C=O) groups is 2. The van der Waals surface area contributed by atoms with Crippen LogP contribution in [0.15, 0.2) is 36.5 Å². The van der Waals surface area contributed by atoms with Crippen LogP contribution in [0.5, 0.6) is 0 Å². The molecule has 10 heteroatoms. The number of amides is 1. The van der Waals surface area contributed by atoms with Crippen molar-refractivity contribution in [2.45, 2.75) is 6.18 Å². The molecule has 3 rings (SSSR count). The standard InChI is InChI=1S/C16H8Cl2F3N3O2/c17-8-3-1-4-9(18)12(8)15(26)22-10-5-2-6-24-11(7-25)13(16(19,20)21)23-14(10)24/h1-7H,(H,22,26). The van der Waals surface area contributed by atoms with Gasteiger partial charge in [-0.25, -0.2) is 4.98 Å². The SMILES string of the molecule is O=Cc1c(C(F)(F)F)nc2c(NC(=O)c3c(Cl)cccc3Cl)cccn12. The third-order valence-electron chi connectivity index (χ3n) is 3.51. The number of halogens is 5. The van der Waals surface area contributed by atoms with E-state index in [9.17, 15) is 22.8 Å². The predicted octanol–water partition coefficient (Wildman–Crippen LogP) is 4.72. The molecule has 0 aliphatic carbocycles. The van der Waals surface area contributed by atoms with E-state index >= 15 is 0 Å². The molecule has 0 bridgehead atoms. The molecule has 1 amide bonds. The van der Waals surface area contributed by atoms with E-state index in [1.807, 2.05) is 0 Å². The van der Waals surface area contributed by atoms with Gasteiger partial charge in [-0.3, -0.25) is 14.0 Å². The molecule has 0 fully saturated rings. The normalized spacial score (nSPS) is 11.6. The zero-order valence-corrected chi connectivity index (χ0v) is 14.2. The third-order valence-corrected chi connectivity index (χ3v) is 4.14. The highest BCUT2D eigenvalue weighted by Gasteiger charge is 2.38. The van der Waals surface area contributed by atoms with Gasteiger partial charge in [-0.15, -0.1) is 0 Å². The van der Waals surface area contributed by atoms with Gasteiger partial charge in [0.05, 0.1) is 21.3 Å². The second-order valence-electron chi connectivity index (χ2n) is 5.13. The maximum absolute atomic E-state index is 13.1. The maximum atomic E-state index is 13.1. The minimum Gasteiger partial charge on any atom is -0.319 e. The summed E-state index contributed by atoms with van der Waals surface area (Å²) >= 11 is 11.9. The molecule has 0 saturated carbocycles. The Bertz CT molecular complexity index is 1010. The molecule has 1 N–H and O–H groups in total. The summed E-state index contributed by atoms with van der Waals surface area (Å²) in [6, 6.07) is 7.16. The highest BCUT2D eigenvalue weighted by Crippen LogP contribution is 2.33. The van der Waals surface area contributed by atoms with Crippen LogP contribution in [0.4, 0.5) is 18.9 Å². The molecule has 1 aromatic carbocycles. The summed E-state index contributed by atoms with van der Waals surface area (Å²) in [4.78, 5) is 27.0. The number of anilines is 1. The molecule has 3 aromatic rings. The number of fused-ring (bicyclic) bond motifs is 1. The highest BCUT2D eigenvalue weighted by atomic mass is 35.5. The molecular weight excluding hydrogens is 394 g/mol. The topological polar surface area (TPSA) is 63.5 Å². The Balaban J connectivity index is 2.11. The average Bonchev–Trinajstić information content (AvgIpc) is 2.94. The van der Waals surface area contributed by atoms with E-state index in [0.29, 0.717) is 0 Å². The summed E-state index contributed by atoms with van der Waals surface area (Å²) in [6.45, 7) is 0. The van der Waals surface area contributed by atoms with Crippen LogP contribution in [0.25, 0.3) is 5.65 Å². The van der Waals surface area contributed by atoms with Crippen LogP contribution in [-0.4, -0.2) is 21.6 Å². The van der Waals surface area contributed by atoms with Crippen LogP contribution in [0.1, 0.15) is 26.5 Å². The van der Waals surface area contributed by atoms with Crippen molar-refractivity contribution in [3.8, 4) is 0 Å². The fourth-order valence-corrected chi connectivity index (χ4v) is 2.97. The zero-order chi connectivity index (χ0) is 19.1. The number of aldehydes is 1. The van der Waals surface area contributed by atoms with Gasteiger partial charge >= 0.3 is 6.18 Å². The number of aromatic nitrogens is 2. The van der Waals surface area contributed by atoms with E-state index in [-0.39, 0.29) is 33.2 Å². The smallest absolute Gasteiger partial charge is 0.319 e. The number of hydrogen-bond donors (Lipinski definition) is 1. The molecule has 0 saturated heterocycles. The van der Waals surface area contributed by atoms with Crippen LogP contribution in [-0.2, 0) is 6.18 Å². The molecule has 134 valence electrons. The summed E-state index contributed by atoms with van der Waals surface area (Å²) in [7, 11) is 0. The van der Waals surface area contributed by atoms with Crippen LogP contribution in [0.2, 0.25) is 10.0 Å². The van der Waals surface area contributed by atoms with Gasteiger partial charge in [-0.1, -0.05) is 29.3 Å². The Kier molecular flexibility index (Phi) is 4.64. The number of hydrogen-bond acceptors (Lipinski definition) is 3. The van der Waals surface area contributed by atoms with Crippen molar-refractivity contribution in [2.75, 3.05) is 5.32 Å². The highest BCUT2D eigenvalue weighted by molar-refractivity contribution is 6.40. The second kappa shape index (κ2) is 6.62. The number of benzene rings is 1. The first kappa shape index (κ1) is 18.2. The molecule has 0 aliphatic heterocycles. The number of nitrogens with zero attached hydrogens (tertiary/aromatic N) is 2. The van der Waals surface area contributed by atoms with E-state index < -0.39 is 23.5 Å². The second-order valence-corrected chi connectivity index (χ2v) is 5.94. The molecule has 5 nitrogen and oxygen atoms in total. The number of alkyl halides is 3. The number of nitrogens with one attached hydrogen (secondary N) is 1. The molecule has 0 aliphatic rings. The van der Waals surface area contributed by atoms with Crippen LogP contribution >= 0.6 is 23.2 Å². The van der Waals surface area contributed by atoms with Gasteiger partial charge in [0.2, 0.25) is 0 Å². The van der Waals surface area contributed by atoms with Crippen LogP contribution < -0.4 is 5.32 Å². The molecule has 0 radical (unpaired) electrons. The lowest BCUT2D eigenvalue weighted by atomic mass is 10.2. The first-order valence-corrected chi connectivity index (χ1v) is 7.78. The molecule has 0 atom stereocenters. The van der Waals surface area contributed by atoms with E-state index in [2.05, 4.69) is 10.3 Å². The maximum Gasteiger partial charge on any atom is 0.435 e. The Labute approximate surface area is 154 Å². The number of pyridine rings is 1. The van der Waals surface area contributed by atoms with Gasteiger partial charge in [0, 0.05) is 6.20 Å². The zero-order valence-electron chi connectivity index (χ0n) is 12.6. The fourth-order valence-electron chi connectivity index (χ4n) is 2.40. The van der Waals surface area contributed by atoms with E-state index in [1.165, 1.54) is 30.5 Å². The first-order valence-electron chi connectivity index (χ1n) is 7.03. The Morgan fingerprint density at radius 3 is 2.38 bits per heavy atom. The third kappa shape index (κ3) is 3.13. The predicted molar refractivity (Wildman–Crippen MR) is 90.0 cm³/mol. The molecule has 26 heavy (non-hydrogen) atoms. The van der Waals surface area contributed by atoms with Crippen molar-refractivity contribution in [1.82, 2.24) is 9.38 Å². The summed E-state index contributed by atoms with van der Waals surface area (Å²) in [5, 5.41) is 2.58. The molecule has 0 spiro atoms. The monoisotopic (exact) mass is 401 g/mol. The van der Waals surface area contributed by atoms with Gasteiger partial charge in [-0.05, 0) is 24.3 Å². The van der Waals surface area contributed by atoms with E-state index in [1.54, 1.807) is 6.07 Å². The quantitative estimate of drug-likeness (QED) is 0.645. The van der Waals surface area contributed by atoms with Crippen LogP contribution in [0.3, 0.4) is 0 Å².